The number of ether oxygens (including phenoxy) is 1. The van der Waals surface area contributed by atoms with Crippen LogP contribution in [0, 0.1) is 6.92 Å². The van der Waals surface area contributed by atoms with Gasteiger partial charge in [-0.2, -0.15) is 0 Å². The van der Waals surface area contributed by atoms with Gasteiger partial charge in [0.1, 0.15) is 0 Å². The Balaban J connectivity index is 0.000000328. The van der Waals surface area contributed by atoms with Gasteiger partial charge < -0.3 is 30.1 Å². The number of halogens is 1. The summed E-state index contributed by atoms with van der Waals surface area (Å²) in [6, 6.07) is 7.75. The number of aliphatic hydroxyl groups excluding tert-OH is 2. The molecule has 1 fully saturated rings. The second-order valence-electron chi connectivity index (χ2n) is 7.71. The lowest BCUT2D eigenvalue weighted by molar-refractivity contribution is -0.165. The molecule has 3 rings (SSSR count). The molecule has 1 aliphatic heterocycles. The Morgan fingerprint density at radius 1 is 1.09 bits per heavy atom. The smallest absolute Gasteiger partial charge is 0.335 e. The quantitative estimate of drug-likeness (QED) is 0.337. The van der Waals surface area contributed by atoms with E-state index in [0.717, 1.165) is 34.8 Å². The van der Waals surface area contributed by atoms with E-state index < -0.39 is 24.1 Å². The Kier molecular flexibility index (Phi) is 10.6. The fourth-order valence-electron chi connectivity index (χ4n) is 3.33. The van der Waals surface area contributed by atoms with Crippen molar-refractivity contribution in [2.45, 2.75) is 44.8 Å². The highest BCUT2D eigenvalue weighted by atomic mass is 35.5. The van der Waals surface area contributed by atoms with Gasteiger partial charge >= 0.3 is 11.9 Å². The number of nitrogens with one attached hydrogen (secondary N) is 1. The van der Waals surface area contributed by atoms with Gasteiger partial charge in [-0.1, -0.05) is 30.2 Å². The maximum atomic E-state index is 9.77. The Morgan fingerprint density at radius 2 is 1.67 bits per heavy atom. The van der Waals surface area contributed by atoms with Gasteiger partial charge in [-0.05, 0) is 51.4 Å². The van der Waals surface area contributed by atoms with Gasteiger partial charge in [0.05, 0.1) is 12.3 Å². The van der Waals surface area contributed by atoms with Gasteiger partial charge in [-0.15, -0.1) is 5.10 Å². The van der Waals surface area contributed by atoms with Crippen LogP contribution in [0.15, 0.2) is 24.3 Å². The van der Waals surface area contributed by atoms with E-state index in [1.165, 1.54) is 32.4 Å². The number of benzene rings is 1. The number of hydrogen-bond donors (Lipinski definition) is 5. The van der Waals surface area contributed by atoms with Gasteiger partial charge in [-0.25, -0.2) is 9.59 Å². The second-order valence-corrected chi connectivity index (χ2v) is 8.14. The number of likely N-dealkylation sites (tertiary alicyclic amines) is 1. The summed E-state index contributed by atoms with van der Waals surface area (Å²) in [6.07, 6.45) is 0.568. The minimum atomic E-state index is -2.27. The van der Waals surface area contributed by atoms with Crippen molar-refractivity contribution in [3.63, 3.8) is 0 Å². The summed E-state index contributed by atoms with van der Waals surface area (Å²) in [5.41, 5.74) is 3.11. The van der Waals surface area contributed by atoms with Crippen molar-refractivity contribution >= 4 is 23.5 Å². The molecule has 2 atom stereocenters. The highest BCUT2D eigenvalue weighted by Gasteiger charge is 2.29. The van der Waals surface area contributed by atoms with E-state index in [0.29, 0.717) is 12.5 Å². The summed E-state index contributed by atoms with van der Waals surface area (Å²) in [5.74, 6) is -2.83. The number of H-pyrrole nitrogens is 1. The molecular weight excluding hydrogens is 454 g/mol. The fraction of sp³-hybridized carbons (Fsp3) is 0.500. The minimum absolute atomic E-state index is 0.702. The number of aromatic amines is 1. The monoisotopic (exact) mass is 483 g/mol. The van der Waals surface area contributed by atoms with Gasteiger partial charge in [0, 0.05) is 22.7 Å². The van der Waals surface area contributed by atoms with Crippen LogP contribution in [0.3, 0.4) is 0 Å². The third-order valence-corrected chi connectivity index (χ3v) is 5.46. The molecule has 1 aromatic heterocycles. The van der Waals surface area contributed by atoms with Crippen molar-refractivity contribution in [1.82, 2.24) is 15.1 Å². The van der Waals surface area contributed by atoms with Crippen molar-refractivity contribution in [2.75, 3.05) is 26.2 Å². The summed E-state index contributed by atoms with van der Waals surface area (Å²) in [5, 5.41) is 40.6. The number of aliphatic carboxylic acids is 2. The number of aromatic nitrogens is 2. The molecule has 182 valence electrons. The number of hydrogen-bond acceptors (Lipinski definition) is 7. The first-order valence-electron chi connectivity index (χ1n) is 10.7. The number of carbonyl (C=O) groups is 2. The molecule has 33 heavy (non-hydrogen) atoms. The second kappa shape index (κ2) is 13.1. The maximum Gasteiger partial charge on any atom is 0.335 e. The first kappa shape index (κ1) is 26.6. The predicted octanol–water partition coefficient (Wildman–Crippen LogP) is 2.17. The van der Waals surface area contributed by atoms with E-state index in [2.05, 4.69) is 15.1 Å². The molecule has 0 bridgehead atoms. The van der Waals surface area contributed by atoms with Crippen LogP contribution in [0.1, 0.15) is 31.2 Å². The Hall–Kier alpha value is -2.66. The molecule has 5 N–H and O–H groups in total. The normalized spacial score (nSPS) is 15.8. The zero-order valence-corrected chi connectivity index (χ0v) is 19.2. The summed E-state index contributed by atoms with van der Waals surface area (Å²) < 4.78 is 5.86. The lowest BCUT2D eigenvalue weighted by Crippen LogP contribution is -2.39. The van der Waals surface area contributed by atoms with Gasteiger partial charge in [-0.3, -0.25) is 5.10 Å². The average molecular weight is 484 g/mol. The third kappa shape index (κ3) is 8.32. The molecule has 1 aromatic carbocycles. The number of carboxylic acid groups (broad SMARTS) is 2. The van der Waals surface area contributed by atoms with E-state index in [9.17, 15) is 9.59 Å². The SMILES string of the molecule is Cc1c(OCCCN2CCCCC2)n[nH]c1-c1ccc(Cl)cc1.O=C(O)[C@H](O)[C@@H](O)C(=O)O. The number of piperidine rings is 1. The number of nitrogens with zero attached hydrogens (tertiary/aromatic N) is 2. The maximum absolute atomic E-state index is 9.77. The van der Waals surface area contributed by atoms with Crippen molar-refractivity contribution in [3.8, 4) is 17.1 Å². The highest BCUT2D eigenvalue weighted by Crippen LogP contribution is 2.28. The van der Waals surface area contributed by atoms with Crippen molar-refractivity contribution < 1.29 is 34.8 Å². The minimum Gasteiger partial charge on any atom is -0.479 e. The Labute approximate surface area is 196 Å². The molecule has 1 saturated heterocycles. The topological polar surface area (TPSA) is 156 Å². The molecule has 0 amide bonds. The molecule has 0 radical (unpaired) electrons. The summed E-state index contributed by atoms with van der Waals surface area (Å²) in [4.78, 5) is 22.1. The van der Waals surface area contributed by atoms with Gasteiger partial charge in [0.15, 0.2) is 12.2 Å². The van der Waals surface area contributed by atoms with Crippen LogP contribution in [-0.2, 0) is 9.59 Å². The molecule has 0 aliphatic carbocycles. The van der Waals surface area contributed by atoms with Crippen molar-refractivity contribution in [2.24, 2.45) is 0 Å². The zero-order chi connectivity index (χ0) is 24.4. The first-order chi connectivity index (χ1) is 15.7. The third-order valence-electron chi connectivity index (χ3n) is 5.21. The predicted molar refractivity (Wildman–Crippen MR) is 121 cm³/mol. The highest BCUT2D eigenvalue weighted by molar-refractivity contribution is 6.30. The van der Waals surface area contributed by atoms with E-state index in [4.69, 9.17) is 36.8 Å². The molecular formula is C22H30ClN3O7. The van der Waals surface area contributed by atoms with Crippen LogP contribution in [0.4, 0.5) is 0 Å². The fourth-order valence-corrected chi connectivity index (χ4v) is 3.46. The molecule has 1 aliphatic rings. The van der Waals surface area contributed by atoms with Gasteiger partial charge in [0.2, 0.25) is 5.88 Å². The largest absolute Gasteiger partial charge is 0.479 e. The lowest BCUT2D eigenvalue weighted by Gasteiger charge is -2.26. The standard InChI is InChI=1S/C18H24ClN3O.C4H6O6/c1-14-17(15-6-8-16(19)9-7-15)20-21-18(14)23-13-5-12-22-10-3-2-4-11-22;5-1(3(7)8)2(6)4(9)10/h6-9H,2-5,10-13H2,1H3,(H,20,21);1-2,5-6H,(H,7,8)(H,9,10)/t;1-,2-/m.1/s1. The van der Waals surface area contributed by atoms with E-state index >= 15 is 0 Å². The molecule has 0 spiro atoms. The van der Waals surface area contributed by atoms with Crippen LogP contribution in [0.25, 0.3) is 11.3 Å². The van der Waals surface area contributed by atoms with E-state index in [1.54, 1.807) is 0 Å². The summed E-state index contributed by atoms with van der Waals surface area (Å²) >= 11 is 5.94. The molecule has 0 unspecified atom stereocenters. The number of carboxylic acids is 2. The lowest BCUT2D eigenvalue weighted by atomic mass is 10.1. The van der Waals surface area contributed by atoms with Crippen LogP contribution < -0.4 is 4.74 Å². The molecule has 0 saturated carbocycles. The van der Waals surface area contributed by atoms with E-state index in [-0.39, 0.29) is 0 Å². The van der Waals surface area contributed by atoms with Gasteiger partial charge in [0.25, 0.3) is 0 Å². The average Bonchev–Trinajstić information content (AvgIpc) is 3.17. The van der Waals surface area contributed by atoms with E-state index in [1.807, 2.05) is 31.2 Å². The summed E-state index contributed by atoms with van der Waals surface area (Å²) in [7, 11) is 0. The van der Waals surface area contributed by atoms with Crippen molar-refractivity contribution in [3.05, 3.63) is 34.9 Å². The van der Waals surface area contributed by atoms with Crippen molar-refractivity contribution in [1.29, 1.82) is 0 Å². The van der Waals surface area contributed by atoms with Crippen LogP contribution in [0.2, 0.25) is 5.02 Å². The number of rotatable bonds is 9. The summed E-state index contributed by atoms with van der Waals surface area (Å²) in [6.45, 7) is 6.34. The van der Waals surface area contributed by atoms with Crippen LogP contribution >= 0.6 is 11.6 Å². The Morgan fingerprint density at radius 3 is 2.21 bits per heavy atom. The van der Waals surface area contributed by atoms with Crippen LogP contribution in [-0.4, -0.2) is 85.9 Å². The first-order valence-corrected chi connectivity index (χ1v) is 11.1. The zero-order valence-electron chi connectivity index (χ0n) is 18.4. The Bertz CT molecular complexity index is 880. The molecule has 2 heterocycles. The molecule has 11 heteroatoms. The molecule has 10 nitrogen and oxygen atoms in total. The number of aliphatic hydroxyl groups is 2. The van der Waals surface area contributed by atoms with Crippen LogP contribution in [0.5, 0.6) is 5.88 Å². The molecule has 2 aromatic rings.